The van der Waals surface area contributed by atoms with Gasteiger partial charge in [-0.15, -0.1) is 11.3 Å². The van der Waals surface area contributed by atoms with Crippen molar-refractivity contribution in [3.63, 3.8) is 0 Å². The van der Waals surface area contributed by atoms with Crippen LogP contribution < -0.4 is 5.73 Å². The van der Waals surface area contributed by atoms with Crippen molar-refractivity contribution in [3.05, 3.63) is 22.4 Å². The molecule has 3 heteroatoms. The minimum absolute atomic E-state index is 0.239. The van der Waals surface area contributed by atoms with E-state index in [4.69, 9.17) is 5.73 Å². The van der Waals surface area contributed by atoms with Gasteiger partial charge in [0.1, 0.15) is 0 Å². The Morgan fingerprint density at radius 3 is 2.62 bits per heavy atom. The van der Waals surface area contributed by atoms with Gasteiger partial charge in [-0.25, -0.2) is 0 Å². The van der Waals surface area contributed by atoms with E-state index in [2.05, 4.69) is 22.4 Å². The van der Waals surface area contributed by atoms with Crippen LogP contribution in [0, 0.1) is 0 Å². The highest BCUT2D eigenvalue weighted by molar-refractivity contribution is 7.10. The van der Waals surface area contributed by atoms with Gasteiger partial charge in [0.2, 0.25) is 0 Å². The molecule has 1 saturated heterocycles. The molecule has 1 aliphatic heterocycles. The van der Waals surface area contributed by atoms with E-state index in [0.29, 0.717) is 0 Å². The highest BCUT2D eigenvalue weighted by Crippen LogP contribution is 2.20. The van der Waals surface area contributed by atoms with Crippen LogP contribution in [-0.4, -0.2) is 24.5 Å². The quantitative estimate of drug-likeness (QED) is 0.873. The van der Waals surface area contributed by atoms with Gasteiger partial charge in [0.05, 0.1) is 0 Å². The molecule has 90 valence electrons. The van der Waals surface area contributed by atoms with E-state index in [1.165, 1.54) is 50.2 Å². The van der Waals surface area contributed by atoms with E-state index in [0.717, 1.165) is 6.42 Å². The fourth-order valence-electron chi connectivity index (χ4n) is 2.33. The van der Waals surface area contributed by atoms with Gasteiger partial charge >= 0.3 is 0 Å². The van der Waals surface area contributed by atoms with Crippen molar-refractivity contribution in [1.29, 1.82) is 0 Å². The van der Waals surface area contributed by atoms with Crippen LogP contribution in [0.3, 0.4) is 0 Å². The Balaban J connectivity index is 1.73. The van der Waals surface area contributed by atoms with Gasteiger partial charge in [0, 0.05) is 10.9 Å². The molecule has 1 unspecified atom stereocenters. The summed E-state index contributed by atoms with van der Waals surface area (Å²) >= 11 is 1.78. The number of nitrogens with two attached hydrogens (primary N) is 1. The monoisotopic (exact) mass is 238 g/mol. The van der Waals surface area contributed by atoms with Crippen LogP contribution in [0.2, 0.25) is 0 Å². The lowest BCUT2D eigenvalue weighted by Crippen LogP contribution is -2.28. The molecule has 0 saturated carbocycles. The van der Waals surface area contributed by atoms with Crippen molar-refractivity contribution in [2.75, 3.05) is 19.6 Å². The van der Waals surface area contributed by atoms with Crippen LogP contribution in [0.25, 0.3) is 0 Å². The van der Waals surface area contributed by atoms with Gasteiger partial charge in [-0.3, -0.25) is 0 Å². The summed E-state index contributed by atoms with van der Waals surface area (Å²) in [5, 5.41) is 2.11. The lowest BCUT2D eigenvalue weighted by molar-refractivity contribution is 0.274. The zero-order chi connectivity index (χ0) is 11.2. The standard InChI is InChI=1S/C13H22N2S/c14-12(13-6-5-11-16-13)7-10-15-8-3-1-2-4-9-15/h5-6,11-12H,1-4,7-10,14H2. The first-order valence-corrected chi connectivity index (χ1v) is 7.25. The molecule has 0 aliphatic carbocycles. The molecule has 2 N–H and O–H groups in total. The van der Waals surface area contributed by atoms with Gasteiger partial charge in [-0.1, -0.05) is 18.9 Å². The number of thiophene rings is 1. The zero-order valence-electron chi connectivity index (χ0n) is 9.90. The number of likely N-dealkylation sites (tertiary alicyclic amines) is 1. The second-order valence-corrected chi connectivity index (χ2v) is 5.65. The lowest BCUT2D eigenvalue weighted by atomic mass is 10.2. The Hall–Kier alpha value is -0.380. The molecule has 1 fully saturated rings. The molecule has 16 heavy (non-hydrogen) atoms. The SMILES string of the molecule is NC(CCN1CCCCCC1)c1cccs1. The van der Waals surface area contributed by atoms with Gasteiger partial charge in [0.25, 0.3) is 0 Å². The van der Waals surface area contributed by atoms with Crippen molar-refractivity contribution in [2.24, 2.45) is 5.73 Å². The predicted molar refractivity (Wildman–Crippen MR) is 70.8 cm³/mol. The Morgan fingerprint density at radius 1 is 1.25 bits per heavy atom. The maximum atomic E-state index is 6.18. The average molecular weight is 238 g/mol. The molecule has 0 bridgehead atoms. The molecule has 1 aliphatic rings. The van der Waals surface area contributed by atoms with Crippen LogP contribution in [0.15, 0.2) is 17.5 Å². The van der Waals surface area contributed by atoms with Crippen LogP contribution in [-0.2, 0) is 0 Å². The second-order valence-electron chi connectivity index (χ2n) is 4.67. The topological polar surface area (TPSA) is 29.3 Å². The Morgan fingerprint density at radius 2 is 2.00 bits per heavy atom. The Labute approximate surface area is 102 Å². The summed E-state index contributed by atoms with van der Waals surface area (Å²) in [6.45, 7) is 3.72. The molecule has 1 atom stereocenters. The summed E-state index contributed by atoms with van der Waals surface area (Å²) in [5.41, 5.74) is 6.18. The summed E-state index contributed by atoms with van der Waals surface area (Å²) in [6.07, 6.45) is 6.66. The van der Waals surface area contributed by atoms with Crippen LogP contribution >= 0.6 is 11.3 Å². The number of hydrogen-bond donors (Lipinski definition) is 1. The van der Waals surface area contributed by atoms with E-state index in [1.54, 1.807) is 11.3 Å². The molecule has 1 aromatic heterocycles. The van der Waals surface area contributed by atoms with E-state index < -0.39 is 0 Å². The predicted octanol–water partition coefficient (Wildman–Crippen LogP) is 3.01. The van der Waals surface area contributed by atoms with Gasteiger partial charge in [0.15, 0.2) is 0 Å². The van der Waals surface area contributed by atoms with Gasteiger partial charge in [-0.2, -0.15) is 0 Å². The summed E-state index contributed by atoms with van der Waals surface area (Å²) in [6, 6.07) is 4.48. The largest absolute Gasteiger partial charge is 0.323 e. The normalized spacial score (nSPS) is 20.6. The van der Waals surface area contributed by atoms with Gasteiger partial charge < -0.3 is 10.6 Å². The number of hydrogen-bond acceptors (Lipinski definition) is 3. The Bertz CT molecular complexity index is 276. The van der Waals surface area contributed by atoms with E-state index in [9.17, 15) is 0 Å². The molecule has 2 nitrogen and oxygen atoms in total. The van der Waals surface area contributed by atoms with E-state index in [-0.39, 0.29) is 6.04 Å². The third kappa shape index (κ3) is 3.58. The molecule has 2 rings (SSSR count). The van der Waals surface area contributed by atoms with Crippen molar-refractivity contribution >= 4 is 11.3 Å². The molecular weight excluding hydrogens is 216 g/mol. The Kier molecular flexibility index (Phi) is 4.82. The molecule has 0 radical (unpaired) electrons. The van der Waals surface area contributed by atoms with Crippen molar-refractivity contribution in [1.82, 2.24) is 4.90 Å². The summed E-state index contributed by atoms with van der Waals surface area (Å²) < 4.78 is 0. The highest BCUT2D eigenvalue weighted by atomic mass is 32.1. The van der Waals surface area contributed by atoms with Crippen molar-refractivity contribution in [3.8, 4) is 0 Å². The molecule has 0 amide bonds. The van der Waals surface area contributed by atoms with Crippen molar-refractivity contribution in [2.45, 2.75) is 38.1 Å². The number of rotatable bonds is 4. The molecular formula is C13H22N2S. The smallest absolute Gasteiger partial charge is 0.0401 e. The summed E-state index contributed by atoms with van der Waals surface area (Å²) in [4.78, 5) is 3.91. The second kappa shape index (κ2) is 6.38. The maximum Gasteiger partial charge on any atom is 0.0401 e. The van der Waals surface area contributed by atoms with Crippen LogP contribution in [0.1, 0.15) is 43.0 Å². The van der Waals surface area contributed by atoms with Crippen LogP contribution in [0.5, 0.6) is 0 Å². The van der Waals surface area contributed by atoms with E-state index >= 15 is 0 Å². The average Bonchev–Trinajstić information content (AvgIpc) is 2.71. The number of nitrogens with zero attached hydrogens (tertiary/aromatic N) is 1. The zero-order valence-corrected chi connectivity index (χ0v) is 10.7. The molecule has 2 heterocycles. The first kappa shape index (κ1) is 12.1. The fraction of sp³-hybridized carbons (Fsp3) is 0.692. The van der Waals surface area contributed by atoms with Crippen molar-refractivity contribution < 1.29 is 0 Å². The third-order valence-electron chi connectivity index (χ3n) is 3.36. The highest BCUT2D eigenvalue weighted by Gasteiger charge is 2.12. The third-order valence-corrected chi connectivity index (χ3v) is 4.37. The molecule has 0 spiro atoms. The minimum atomic E-state index is 0.239. The first-order chi connectivity index (χ1) is 7.86. The molecule has 1 aromatic rings. The van der Waals surface area contributed by atoms with Gasteiger partial charge in [-0.05, 0) is 50.3 Å². The minimum Gasteiger partial charge on any atom is -0.323 e. The summed E-state index contributed by atoms with van der Waals surface area (Å²) in [7, 11) is 0. The fourth-order valence-corrected chi connectivity index (χ4v) is 3.09. The maximum absolute atomic E-state index is 6.18. The van der Waals surface area contributed by atoms with Crippen LogP contribution in [0.4, 0.5) is 0 Å². The van der Waals surface area contributed by atoms with E-state index in [1.807, 2.05) is 0 Å². The lowest BCUT2D eigenvalue weighted by Gasteiger charge is -2.21. The first-order valence-electron chi connectivity index (χ1n) is 6.37. The summed E-state index contributed by atoms with van der Waals surface area (Å²) in [5.74, 6) is 0. The molecule has 0 aromatic carbocycles.